The third-order valence-electron chi connectivity index (χ3n) is 3.33. The van der Waals surface area contributed by atoms with E-state index >= 15 is 0 Å². The quantitative estimate of drug-likeness (QED) is 0.728. The Kier molecular flexibility index (Phi) is 4.52. The Hall–Kier alpha value is -2.81. The van der Waals surface area contributed by atoms with Gasteiger partial charge in [0.1, 0.15) is 11.5 Å². The van der Waals surface area contributed by atoms with Crippen LogP contribution in [0.15, 0.2) is 36.9 Å². The SMILES string of the molecule is COC(=S)NCc1cn(-c2ccc(-n3cnc(C)c3)c(F)c2)nn1. The molecule has 9 heteroatoms. The summed E-state index contributed by atoms with van der Waals surface area (Å²) in [5, 5.41) is 11.1. The highest BCUT2D eigenvalue weighted by molar-refractivity contribution is 7.80. The lowest BCUT2D eigenvalue weighted by atomic mass is 10.2. The number of halogens is 1. The molecule has 0 aliphatic rings. The molecule has 0 unspecified atom stereocenters. The Morgan fingerprint density at radius 3 is 2.88 bits per heavy atom. The van der Waals surface area contributed by atoms with Crippen molar-refractivity contribution < 1.29 is 9.13 Å². The summed E-state index contributed by atoms with van der Waals surface area (Å²) in [7, 11) is 1.48. The molecule has 2 heterocycles. The lowest BCUT2D eigenvalue weighted by Gasteiger charge is -2.06. The maximum absolute atomic E-state index is 14.4. The number of thiocarbonyl (C=S) groups is 1. The van der Waals surface area contributed by atoms with Crippen LogP contribution in [-0.4, -0.2) is 36.8 Å². The van der Waals surface area contributed by atoms with Crippen LogP contribution < -0.4 is 5.32 Å². The van der Waals surface area contributed by atoms with Crippen LogP contribution in [0.5, 0.6) is 0 Å². The third-order valence-corrected chi connectivity index (χ3v) is 3.64. The molecule has 3 rings (SSSR count). The number of ether oxygens (including phenoxy) is 1. The Morgan fingerprint density at radius 2 is 2.21 bits per heavy atom. The number of aromatic nitrogens is 5. The van der Waals surface area contributed by atoms with E-state index in [0.717, 1.165) is 5.69 Å². The van der Waals surface area contributed by atoms with Gasteiger partial charge in [0.05, 0.1) is 43.2 Å². The molecule has 0 atom stereocenters. The molecule has 3 aromatic rings. The van der Waals surface area contributed by atoms with Gasteiger partial charge >= 0.3 is 0 Å². The molecule has 0 bridgehead atoms. The van der Waals surface area contributed by atoms with Crippen LogP contribution in [0.2, 0.25) is 0 Å². The van der Waals surface area contributed by atoms with Gasteiger partial charge in [0.25, 0.3) is 5.17 Å². The molecular formula is C15H15FN6OS. The predicted octanol–water partition coefficient (Wildman–Crippen LogP) is 1.92. The highest BCUT2D eigenvalue weighted by Gasteiger charge is 2.09. The molecule has 0 saturated carbocycles. The van der Waals surface area contributed by atoms with Gasteiger partial charge in [-0.05, 0) is 31.3 Å². The zero-order valence-electron chi connectivity index (χ0n) is 13.1. The zero-order valence-corrected chi connectivity index (χ0v) is 13.9. The van der Waals surface area contributed by atoms with Crippen molar-refractivity contribution in [2.75, 3.05) is 7.11 Å². The first kappa shape index (κ1) is 16.1. The molecule has 1 aromatic carbocycles. The Bertz CT molecular complexity index is 874. The minimum atomic E-state index is -0.374. The van der Waals surface area contributed by atoms with E-state index in [0.29, 0.717) is 23.6 Å². The second-order valence-corrected chi connectivity index (χ2v) is 5.43. The highest BCUT2D eigenvalue weighted by Crippen LogP contribution is 2.18. The Morgan fingerprint density at radius 1 is 1.38 bits per heavy atom. The van der Waals surface area contributed by atoms with E-state index in [-0.39, 0.29) is 11.0 Å². The van der Waals surface area contributed by atoms with E-state index in [1.807, 2.05) is 6.92 Å². The molecule has 0 fully saturated rings. The Balaban J connectivity index is 1.79. The lowest BCUT2D eigenvalue weighted by Crippen LogP contribution is -2.22. The molecule has 24 heavy (non-hydrogen) atoms. The summed E-state index contributed by atoms with van der Waals surface area (Å²) in [6.07, 6.45) is 5.03. The van der Waals surface area contributed by atoms with Gasteiger partial charge in [-0.2, -0.15) is 0 Å². The summed E-state index contributed by atoms with van der Waals surface area (Å²) in [5.41, 5.74) is 2.47. The van der Waals surface area contributed by atoms with Crippen LogP contribution in [0.3, 0.4) is 0 Å². The summed E-state index contributed by atoms with van der Waals surface area (Å²) in [6.45, 7) is 2.23. The van der Waals surface area contributed by atoms with Gasteiger partial charge in [0.15, 0.2) is 0 Å². The monoisotopic (exact) mass is 346 g/mol. The number of methoxy groups -OCH3 is 1. The van der Waals surface area contributed by atoms with Crippen molar-refractivity contribution in [3.63, 3.8) is 0 Å². The maximum Gasteiger partial charge on any atom is 0.256 e. The smallest absolute Gasteiger partial charge is 0.256 e. The van der Waals surface area contributed by atoms with Gasteiger partial charge in [-0.25, -0.2) is 14.1 Å². The lowest BCUT2D eigenvalue weighted by molar-refractivity contribution is 0.392. The van der Waals surface area contributed by atoms with E-state index in [1.165, 1.54) is 17.9 Å². The van der Waals surface area contributed by atoms with Crippen LogP contribution >= 0.6 is 12.2 Å². The number of nitrogens with one attached hydrogen (secondary N) is 1. The largest absolute Gasteiger partial charge is 0.474 e. The topological polar surface area (TPSA) is 69.8 Å². The first-order chi connectivity index (χ1) is 11.6. The van der Waals surface area contributed by atoms with Gasteiger partial charge in [-0.3, -0.25) is 0 Å². The Labute approximate surface area is 143 Å². The van der Waals surface area contributed by atoms with Gasteiger partial charge in [0.2, 0.25) is 0 Å². The summed E-state index contributed by atoms with van der Waals surface area (Å²) < 4.78 is 22.4. The van der Waals surface area contributed by atoms with Crippen molar-refractivity contribution in [2.45, 2.75) is 13.5 Å². The molecule has 0 saturated heterocycles. The molecule has 7 nitrogen and oxygen atoms in total. The number of nitrogens with zero attached hydrogens (tertiary/aromatic N) is 5. The third kappa shape index (κ3) is 3.40. The number of aryl methyl sites for hydroxylation is 1. The summed E-state index contributed by atoms with van der Waals surface area (Å²) in [4.78, 5) is 4.10. The molecule has 124 valence electrons. The van der Waals surface area contributed by atoms with Crippen molar-refractivity contribution in [3.05, 3.63) is 54.1 Å². The van der Waals surface area contributed by atoms with Crippen LogP contribution in [0.4, 0.5) is 4.39 Å². The molecule has 0 amide bonds. The summed E-state index contributed by atoms with van der Waals surface area (Å²) >= 11 is 4.89. The normalized spacial score (nSPS) is 10.6. The molecule has 0 spiro atoms. The fraction of sp³-hybridized carbons (Fsp3) is 0.200. The molecule has 1 N–H and O–H groups in total. The van der Waals surface area contributed by atoms with Crippen LogP contribution in [-0.2, 0) is 11.3 Å². The summed E-state index contributed by atoms with van der Waals surface area (Å²) in [6, 6.07) is 4.83. The second kappa shape index (κ2) is 6.75. The number of rotatable bonds is 4. The fourth-order valence-corrected chi connectivity index (χ4v) is 2.21. The molecule has 0 aliphatic heterocycles. The molecule has 2 aromatic heterocycles. The van der Waals surface area contributed by atoms with Gasteiger partial charge in [0, 0.05) is 12.3 Å². The summed E-state index contributed by atoms with van der Waals surface area (Å²) in [5.74, 6) is -0.374. The predicted molar refractivity (Wildman–Crippen MR) is 89.6 cm³/mol. The van der Waals surface area contributed by atoms with Crippen LogP contribution in [0.25, 0.3) is 11.4 Å². The maximum atomic E-state index is 14.4. The number of hydrogen-bond donors (Lipinski definition) is 1. The van der Waals surface area contributed by atoms with Crippen molar-refractivity contribution in [1.29, 1.82) is 0 Å². The first-order valence-corrected chi connectivity index (χ1v) is 7.51. The minimum absolute atomic E-state index is 0.274. The standard InChI is InChI=1S/C15H15FN6OS/c1-10-7-21(9-18-10)14-4-3-12(5-13(14)16)22-8-11(19-20-22)6-17-15(24)23-2/h3-5,7-9H,6H2,1-2H3,(H,17,24). The molecule has 0 radical (unpaired) electrons. The van der Waals surface area contributed by atoms with Gasteiger partial charge in [-0.15, -0.1) is 5.10 Å². The second-order valence-electron chi connectivity index (χ2n) is 5.06. The van der Waals surface area contributed by atoms with E-state index in [9.17, 15) is 4.39 Å². The van der Waals surface area contributed by atoms with Crippen molar-refractivity contribution in [1.82, 2.24) is 29.9 Å². The number of hydrogen-bond acceptors (Lipinski definition) is 5. The highest BCUT2D eigenvalue weighted by atomic mass is 32.1. The molecular weight excluding hydrogens is 331 g/mol. The fourth-order valence-electron chi connectivity index (χ4n) is 2.14. The van der Waals surface area contributed by atoms with E-state index in [2.05, 4.69) is 20.6 Å². The van der Waals surface area contributed by atoms with E-state index in [4.69, 9.17) is 17.0 Å². The van der Waals surface area contributed by atoms with Gasteiger partial charge < -0.3 is 14.6 Å². The van der Waals surface area contributed by atoms with Crippen LogP contribution in [0.1, 0.15) is 11.4 Å². The number of imidazole rings is 1. The zero-order chi connectivity index (χ0) is 17.1. The minimum Gasteiger partial charge on any atom is -0.474 e. The van der Waals surface area contributed by atoms with Crippen LogP contribution in [0, 0.1) is 12.7 Å². The van der Waals surface area contributed by atoms with Gasteiger partial charge in [-0.1, -0.05) is 5.21 Å². The average molecular weight is 346 g/mol. The van der Waals surface area contributed by atoms with E-state index in [1.54, 1.807) is 35.4 Å². The van der Waals surface area contributed by atoms with Crippen molar-refractivity contribution in [2.24, 2.45) is 0 Å². The van der Waals surface area contributed by atoms with Crippen molar-refractivity contribution >= 4 is 17.4 Å². The molecule has 0 aliphatic carbocycles. The number of benzene rings is 1. The van der Waals surface area contributed by atoms with Crippen molar-refractivity contribution in [3.8, 4) is 11.4 Å². The first-order valence-electron chi connectivity index (χ1n) is 7.11. The van der Waals surface area contributed by atoms with E-state index < -0.39 is 0 Å². The average Bonchev–Trinajstić information content (AvgIpc) is 3.21.